The van der Waals surface area contributed by atoms with Crippen LogP contribution in [0.3, 0.4) is 0 Å². The minimum Gasteiger partial charge on any atom is -0.494 e. The number of amides is 1. The van der Waals surface area contributed by atoms with E-state index in [0.29, 0.717) is 53.2 Å². The van der Waals surface area contributed by atoms with E-state index in [2.05, 4.69) is 9.80 Å². The van der Waals surface area contributed by atoms with Crippen LogP contribution >= 0.6 is 23.2 Å². The minimum atomic E-state index is -0.312. The van der Waals surface area contributed by atoms with Gasteiger partial charge in [0.15, 0.2) is 0 Å². The molecule has 2 saturated heterocycles. The number of nitro benzene ring substituents is 1. The van der Waals surface area contributed by atoms with Gasteiger partial charge in [-0.1, -0.05) is 23.2 Å². The van der Waals surface area contributed by atoms with Crippen molar-refractivity contribution < 1.29 is 14.5 Å². The zero-order valence-electron chi connectivity index (χ0n) is 18.4. The van der Waals surface area contributed by atoms with Gasteiger partial charge in [0.05, 0.1) is 22.6 Å². The Morgan fingerprint density at radius 1 is 0.970 bits per heavy atom. The zero-order chi connectivity index (χ0) is 23.5. The summed E-state index contributed by atoms with van der Waals surface area (Å²) in [5.74, 6) is 0.128. The van der Waals surface area contributed by atoms with Gasteiger partial charge in [-0.25, -0.2) is 0 Å². The first-order chi connectivity index (χ1) is 15.9. The molecule has 1 amide bonds. The Morgan fingerprint density at radius 3 is 2.30 bits per heavy atom. The standard InChI is InChI=1S/C23H26Cl2N4O4/c1-33-22-18(13-16(24)14-19(22)25)23(30)28-11-9-26(10-12-28)17-5-6-20(29(31)32)21(15-17)27-7-3-2-4-8-27/h5-6,13-15H,2-4,7-12H2,1H3. The highest BCUT2D eigenvalue weighted by molar-refractivity contribution is 6.36. The normalized spacial score (nSPS) is 16.6. The molecule has 0 atom stereocenters. The average molecular weight is 493 g/mol. The number of hydrogen-bond donors (Lipinski definition) is 0. The van der Waals surface area contributed by atoms with Gasteiger partial charge in [-0.2, -0.15) is 0 Å². The monoisotopic (exact) mass is 492 g/mol. The fraction of sp³-hybridized carbons (Fsp3) is 0.435. The molecule has 8 nitrogen and oxygen atoms in total. The van der Waals surface area contributed by atoms with E-state index in [-0.39, 0.29) is 16.5 Å². The van der Waals surface area contributed by atoms with Gasteiger partial charge < -0.3 is 19.4 Å². The predicted molar refractivity (Wildman–Crippen MR) is 130 cm³/mol. The molecule has 2 aromatic carbocycles. The first-order valence-corrected chi connectivity index (χ1v) is 11.8. The fourth-order valence-corrected chi connectivity index (χ4v) is 5.09. The van der Waals surface area contributed by atoms with Crippen molar-refractivity contribution in [3.63, 3.8) is 0 Å². The Labute approximate surface area is 202 Å². The smallest absolute Gasteiger partial charge is 0.292 e. The van der Waals surface area contributed by atoms with E-state index in [9.17, 15) is 14.9 Å². The lowest BCUT2D eigenvalue weighted by atomic mass is 10.1. The summed E-state index contributed by atoms with van der Waals surface area (Å²) in [6.07, 6.45) is 3.24. The molecule has 2 aromatic rings. The van der Waals surface area contributed by atoms with Gasteiger partial charge in [0, 0.05) is 56.0 Å². The summed E-state index contributed by atoms with van der Waals surface area (Å²) in [5, 5.41) is 12.3. The van der Waals surface area contributed by atoms with E-state index < -0.39 is 0 Å². The Morgan fingerprint density at radius 2 is 1.67 bits per heavy atom. The molecule has 0 N–H and O–H groups in total. The Balaban J connectivity index is 1.50. The van der Waals surface area contributed by atoms with Gasteiger partial charge in [-0.15, -0.1) is 0 Å². The number of benzene rings is 2. The highest BCUT2D eigenvalue weighted by Gasteiger charge is 2.28. The molecule has 0 aromatic heterocycles. The molecule has 0 aliphatic carbocycles. The van der Waals surface area contributed by atoms with E-state index in [0.717, 1.165) is 38.0 Å². The molecular formula is C23H26Cl2N4O4. The molecule has 33 heavy (non-hydrogen) atoms. The molecule has 0 spiro atoms. The molecule has 0 saturated carbocycles. The number of nitrogens with zero attached hydrogens (tertiary/aromatic N) is 4. The van der Waals surface area contributed by atoms with E-state index in [1.165, 1.54) is 7.11 Å². The van der Waals surface area contributed by atoms with Crippen LogP contribution in [0.25, 0.3) is 0 Å². The van der Waals surface area contributed by atoms with Crippen molar-refractivity contribution in [2.24, 2.45) is 0 Å². The second kappa shape index (κ2) is 10.1. The summed E-state index contributed by atoms with van der Waals surface area (Å²) >= 11 is 12.3. The van der Waals surface area contributed by atoms with Gasteiger partial charge in [0.2, 0.25) is 0 Å². The maximum atomic E-state index is 13.1. The number of ether oxygens (including phenoxy) is 1. The van der Waals surface area contributed by atoms with E-state index in [4.69, 9.17) is 27.9 Å². The lowest BCUT2D eigenvalue weighted by molar-refractivity contribution is -0.384. The third-order valence-corrected chi connectivity index (χ3v) is 6.73. The topological polar surface area (TPSA) is 79.2 Å². The van der Waals surface area contributed by atoms with Crippen LogP contribution in [0.2, 0.25) is 10.0 Å². The molecule has 176 valence electrons. The van der Waals surface area contributed by atoms with Crippen LogP contribution in [0, 0.1) is 10.1 Å². The Hall–Kier alpha value is -2.71. The van der Waals surface area contributed by atoms with Crippen LogP contribution in [0.4, 0.5) is 17.1 Å². The predicted octanol–water partition coefficient (Wildman–Crippen LogP) is 4.86. The Bertz CT molecular complexity index is 1050. The van der Waals surface area contributed by atoms with Crippen LogP contribution in [0.5, 0.6) is 5.75 Å². The van der Waals surface area contributed by atoms with E-state index in [1.807, 2.05) is 6.07 Å². The second-order valence-corrected chi connectivity index (χ2v) is 9.07. The molecule has 10 heteroatoms. The highest BCUT2D eigenvalue weighted by atomic mass is 35.5. The zero-order valence-corrected chi connectivity index (χ0v) is 19.9. The van der Waals surface area contributed by atoms with Crippen molar-refractivity contribution in [1.82, 2.24) is 4.90 Å². The number of anilines is 2. The van der Waals surface area contributed by atoms with Gasteiger partial charge in [-0.05, 0) is 43.5 Å². The number of piperidine rings is 1. The number of halogens is 2. The number of carbonyl (C=O) groups excluding carboxylic acids is 1. The lowest BCUT2D eigenvalue weighted by Gasteiger charge is -2.37. The fourth-order valence-electron chi connectivity index (χ4n) is 4.52. The first kappa shape index (κ1) is 23.4. The average Bonchev–Trinajstić information content (AvgIpc) is 2.83. The molecule has 2 aliphatic rings. The van der Waals surface area contributed by atoms with Crippen LogP contribution < -0.4 is 14.5 Å². The van der Waals surface area contributed by atoms with Crippen molar-refractivity contribution in [3.8, 4) is 5.75 Å². The maximum Gasteiger partial charge on any atom is 0.292 e. The molecule has 2 fully saturated rings. The van der Waals surface area contributed by atoms with Gasteiger partial charge in [0.1, 0.15) is 11.4 Å². The number of methoxy groups -OCH3 is 1. The van der Waals surface area contributed by atoms with Crippen molar-refractivity contribution in [1.29, 1.82) is 0 Å². The molecule has 0 radical (unpaired) electrons. The summed E-state index contributed by atoms with van der Waals surface area (Å²) < 4.78 is 5.33. The molecule has 2 heterocycles. The summed E-state index contributed by atoms with van der Waals surface area (Å²) in [4.78, 5) is 30.4. The van der Waals surface area contributed by atoms with Crippen molar-refractivity contribution in [3.05, 3.63) is 56.1 Å². The van der Waals surface area contributed by atoms with Crippen molar-refractivity contribution >= 4 is 46.2 Å². The second-order valence-electron chi connectivity index (χ2n) is 8.23. The van der Waals surface area contributed by atoms with Crippen LogP contribution in [-0.2, 0) is 0 Å². The maximum absolute atomic E-state index is 13.1. The number of rotatable bonds is 5. The minimum absolute atomic E-state index is 0.138. The van der Waals surface area contributed by atoms with E-state index in [1.54, 1.807) is 29.2 Å². The number of piperazine rings is 1. The summed E-state index contributed by atoms with van der Waals surface area (Å²) in [6, 6.07) is 8.42. The third kappa shape index (κ3) is 4.96. The summed E-state index contributed by atoms with van der Waals surface area (Å²) in [7, 11) is 1.47. The van der Waals surface area contributed by atoms with E-state index >= 15 is 0 Å². The van der Waals surface area contributed by atoms with Gasteiger partial charge >= 0.3 is 0 Å². The Kier molecular flexibility index (Phi) is 7.14. The first-order valence-electron chi connectivity index (χ1n) is 11.0. The molecule has 4 rings (SSSR count). The SMILES string of the molecule is COc1c(Cl)cc(Cl)cc1C(=O)N1CCN(c2ccc([N+](=O)[O-])c(N3CCCCC3)c2)CC1. The molecule has 0 bridgehead atoms. The molecular weight excluding hydrogens is 467 g/mol. The summed E-state index contributed by atoms with van der Waals surface area (Å²) in [6.45, 7) is 3.89. The van der Waals surface area contributed by atoms with Crippen molar-refractivity contribution in [2.45, 2.75) is 19.3 Å². The van der Waals surface area contributed by atoms with Gasteiger partial charge in [-0.3, -0.25) is 14.9 Å². The number of carbonyl (C=O) groups is 1. The molecule has 0 unspecified atom stereocenters. The van der Waals surface area contributed by atoms with Crippen molar-refractivity contribution in [2.75, 3.05) is 56.2 Å². The number of nitro groups is 1. The lowest BCUT2D eigenvalue weighted by Crippen LogP contribution is -2.49. The molecule has 2 aliphatic heterocycles. The highest BCUT2D eigenvalue weighted by Crippen LogP contribution is 2.36. The van der Waals surface area contributed by atoms with Gasteiger partial charge in [0.25, 0.3) is 11.6 Å². The third-order valence-electron chi connectivity index (χ3n) is 6.23. The largest absolute Gasteiger partial charge is 0.494 e. The quantitative estimate of drug-likeness (QED) is 0.437. The van der Waals surface area contributed by atoms with Crippen LogP contribution in [0.15, 0.2) is 30.3 Å². The number of hydrogen-bond acceptors (Lipinski definition) is 6. The van der Waals surface area contributed by atoms with Crippen LogP contribution in [-0.4, -0.2) is 62.1 Å². The van der Waals surface area contributed by atoms with Crippen LogP contribution in [0.1, 0.15) is 29.6 Å². The summed E-state index contributed by atoms with van der Waals surface area (Å²) in [5.41, 5.74) is 2.08.